The first kappa shape index (κ1) is 26.9. The van der Waals surface area contributed by atoms with Gasteiger partial charge in [-0.2, -0.15) is 14.7 Å². The number of nitrogens with one attached hydrogen (secondary N) is 2. The van der Waals surface area contributed by atoms with Gasteiger partial charge in [0.15, 0.2) is 5.82 Å². The van der Waals surface area contributed by atoms with Crippen molar-refractivity contribution < 1.29 is 17.9 Å². The van der Waals surface area contributed by atoms with Crippen LogP contribution in [0.3, 0.4) is 0 Å². The van der Waals surface area contributed by atoms with Crippen molar-refractivity contribution in [1.29, 1.82) is 5.26 Å². The van der Waals surface area contributed by atoms with E-state index < -0.39 is 21.5 Å². The number of sulfonamides is 1. The van der Waals surface area contributed by atoms with Gasteiger partial charge in [-0.3, -0.25) is 14.3 Å². The van der Waals surface area contributed by atoms with E-state index in [9.17, 15) is 23.3 Å². The Morgan fingerprint density at radius 2 is 1.95 bits per heavy atom. The average molecular weight is 553 g/mol. The van der Waals surface area contributed by atoms with Crippen LogP contribution in [0.1, 0.15) is 52.5 Å². The highest BCUT2D eigenvalue weighted by Crippen LogP contribution is 2.43. The fourth-order valence-corrected chi connectivity index (χ4v) is 6.49. The second-order valence-corrected chi connectivity index (χ2v) is 13.1. The van der Waals surface area contributed by atoms with Gasteiger partial charge in [-0.25, -0.2) is 8.42 Å². The molecule has 2 fully saturated rings. The minimum Gasteiger partial charge on any atom is -0.460 e. The summed E-state index contributed by atoms with van der Waals surface area (Å²) in [6, 6.07) is 10.1. The molecule has 0 spiro atoms. The van der Waals surface area contributed by atoms with E-state index >= 15 is 0 Å². The Balaban J connectivity index is 1.35. The molecule has 39 heavy (non-hydrogen) atoms. The van der Waals surface area contributed by atoms with E-state index in [-0.39, 0.29) is 35.6 Å². The maximum absolute atomic E-state index is 13.3. The summed E-state index contributed by atoms with van der Waals surface area (Å²) >= 11 is 0. The molecule has 2 N–H and O–H groups in total. The maximum Gasteiger partial charge on any atom is 0.310 e. The summed E-state index contributed by atoms with van der Waals surface area (Å²) in [4.78, 5) is 27.9. The molecule has 1 saturated carbocycles. The zero-order chi connectivity index (χ0) is 27.9. The number of ether oxygens (including phenoxy) is 1. The van der Waals surface area contributed by atoms with Crippen molar-refractivity contribution in [3.63, 3.8) is 0 Å². The molecule has 2 atom stereocenters. The Hall–Kier alpha value is -3.69. The molecule has 0 amide bonds. The summed E-state index contributed by atoms with van der Waals surface area (Å²) in [5.41, 5.74) is 0.258. The molecule has 2 aliphatic rings. The molecule has 0 radical (unpaired) electrons. The number of aromatic nitrogens is 3. The largest absolute Gasteiger partial charge is 0.460 e. The minimum absolute atomic E-state index is 0.0777. The summed E-state index contributed by atoms with van der Waals surface area (Å²) in [5, 5.41) is 17.6. The van der Waals surface area contributed by atoms with E-state index in [2.05, 4.69) is 21.5 Å². The van der Waals surface area contributed by atoms with Crippen LogP contribution in [-0.2, 0) is 19.6 Å². The third-order valence-electron chi connectivity index (χ3n) is 7.06. The normalized spacial score (nSPS) is 19.1. The Morgan fingerprint density at radius 1 is 1.23 bits per heavy atom. The van der Waals surface area contributed by atoms with Crippen molar-refractivity contribution in [2.45, 2.75) is 63.0 Å². The smallest absolute Gasteiger partial charge is 0.310 e. The average Bonchev–Trinajstić information content (AvgIpc) is 3.45. The van der Waals surface area contributed by atoms with E-state index in [1.165, 1.54) is 16.4 Å². The summed E-state index contributed by atoms with van der Waals surface area (Å²) in [7, 11) is -3.80. The Labute approximate surface area is 226 Å². The molecular formula is C27H32N6O5S. The second-order valence-electron chi connectivity index (χ2n) is 11.2. The van der Waals surface area contributed by atoms with Gasteiger partial charge in [-0.05, 0) is 76.3 Å². The number of nitrogens with zero attached hydrogens (tertiary/aromatic N) is 4. The first-order chi connectivity index (χ1) is 18.5. The van der Waals surface area contributed by atoms with Crippen molar-refractivity contribution in [3.8, 4) is 6.07 Å². The minimum atomic E-state index is -3.80. The van der Waals surface area contributed by atoms with Gasteiger partial charge < -0.3 is 15.0 Å². The molecule has 3 heterocycles. The highest BCUT2D eigenvalue weighted by Gasteiger charge is 2.38. The number of H-pyrrole nitrogens is 1. The fraction of sp³-hybridized carbons (Fsp3) is 0.481. The number of nitriles is 1. The molecular weight excluding hydrogens is 520 g/mol. The Bertz CT molecular complexity index is 1590. The monoisotopic (exact) mass is 552 g/mol. The number of aromatic amines is 1. The van der Waals surface area contributed by atoms with Crippen LogP contribution in [0.15, 0.2) is 46.2 Å². The molecule has 1 aromatic carbocycles. The second kappa shape index (κ2) is 10.1. The first-order valence-corrected chi connectivity index (χ1v) is 14.5. The van der Waals surface area contributed by atoms with E-state index in [0.717, 1.165) is 12.8 Å². The van der Waals surface area contributed by atoms with Crippen molar-refractivity contribution in [1.82, 2.24) is 19.1 Å². The Kier molecular flexibility index (Phi) is 6.99. The van der Waals surface area contributed by atoms with Crippen LogP contribution in [0.5, 0.6) is 0 Å². The number of rotatable bonds is 8. The molecule has 206 valence electrons. The molecule has 3 aromatic rings. The summed E-state index contributed by atoms with van der Waals surface area (Å²) in [6.45, 7) is 5.67. The molecule has 12 heteroatoms. The van der Waals surface area contributed by atoms with Crippen LogP contribution in [0, 0.1) is 23.2 Å². The standard InChI is InChI=1S/C27H32N6O5S/c1-27(2,3)38-26(35)18-12-15-32(16-18)39(36,37)20-8-6-19(7-9-20)30-24-23-22(11-14-29-25(23)34)33(31-24)21(10-13-28)17-4-5-17/h6-9,11,14,17-18,21H,4-5,10,12,15-16H2,1-3H3,(H,29,34)(H,30,31)/t18-,21?/m0/s1. The van der Waals surface area contributed by atoms with Crippen LogP contribution < -0.4 is 10.9 Å². The molecule has 11 nitrogen and oxygen atoms in total. The van der Waals surface area contributed by atoms with Gasteiger partial charge in [0.25, 0.3) is 5.56 Å². The lowest BCUT2D eigenvalue weighted by molar-refractivity contribution is -0.159. The van der Waals surface area contributed by atoms with Crippen LogP contribution >= 0.6 is 0 Å². The van der Waals surface area contributed by atoms with Gasteiger partial charge in [0, 0.05) is 25.0 Å². The van der Waals surface area contributed by atoms with Crippen molar-refractivity contribution >= 4 is 38.4 Å². The SMILES string of the molecule is CC(C)(C)OC(=O)[C@H]1CCN(S(=O)(=O)c2ccc(Nc3nn(C(CC#N)C4CC4)c4cc[nH]c(=O)c34)cc2)C1. The maximum atomic E-state index is 13.3. The highest BCUT2D eigenvalue weighted by atomic mass is 32.2. The van der Waals surface area contributed by atoms with Crippen LogP contribution in [0.4, 0.5) is 11.5 Å². The molecule has 5 rings (SSSR count). The number of fused-ring (bicyclic) bond motifs is 1. The van der Waals surface area contributed by atoms with E-state index in [1.807, 2.05) is 0 Å². The number of carbonyl (C=O) groups is 1. The first-order valence-electron chi connectivity index (χ1n) is 13.0. The number of hydrogen-bond acceptors (Lipinski definition) is 8. The van der Waals surface area contributed by atoms with Crippen molar-refractivity contribution in [2.75, 3.05) is 18.4 Å². The lowest BCUT2D eigenvalue weighted by atomic mass is 10.1. The molecule has 1 unspecified atom stereocenters. The number of anilines is 2. The van der Waals surface area contributed by atoms with Crippen LogP contribution in [-0.4, -0.2) is 52.1 Å². The molecule has 0 bridgehead atoms. The zero-order valence-electron chi connectivity index (χ0n) is 22.2. The number of benzene rings is 1. The van der Waals surface area contributed by atoms with E-state index in [0.29, 0.717) is 41.2 Å². The van der Waals surface area contributed by atoms with Crippen LogP contribution in [0.25, 0.3) is 10.9 Å². The summed E-state index contributed by atoms with van der Waals surface area (Å²) in [5.74, 6) is -0.197. The number of hydrogen-bond donors (Lipinski definition) is 2. The fourth-order valence-electron chi connectivity index (χ4n) is 4.99. The van der Waals surface area contributed by atoms with Crippen molar-refractivity contribution in [3.05, 3.63) is 46.9 Å². The summed E-state index contributed by atoms with van der Waals surface area (Å²) < 4.78 is 35.0. The van der Waals surface area contributed by atoms with Crippen molar-refractivity contribution in [2.24, 2.45) is 11.8 Å². The summed E-state index contributed by atoms with van der Waals surface area (Å²) in [6.07, 6.45) is 4.31. The predicted molar refractivity (Wildman–Crippen MR) is 145 cm³/mol. The number of carbonyl (C=O) groups excluding carboxylic acids is 1. The number of pyridine rings is 1. The van der Waals surface area contributed by atoms with Gasteiger partial charge >= 0.3 is 5.97 Å². The topological polar surface area (TPSA) is 150 Å². The lowest BCUT2D eigenvalue weighted by Crippen LogP contribution is -2.33. The third-order valence-corrected chi connectivity index (χ3v) is 8.94. The Morgan fingerprint density at radius 3 is 2.59 bits per heavy atom. The predicted octanol–water partition coefficient (Wildman–Crippen LogP) is 3.69. The zero-order valence-corrected chi connectivity index (χ0v) is 23.0. The molecule has 1 saturated heterocycles. The molecule has 1 aliphatic carbocycles. The lowest BCUT2D eigenvalue weighted by Gasteiger charge is -2.22. The van der Waals surface area contributed by atoms with Gasteiger partial charge in [-0.1, -0.05) is 0 Å². The quantitative estimate of drug-likeness (QED) is 0.402. The van der Waals surface area contributed by atoms with Crippen LogP contribution in [0.2, 0.25) is 0 Å². The highest BCUT2D eigenvalue weighted by molar-refractivity contribution is 7.89. The van der Waals surface area contributed by atoms with Gasteiger partial charge in [0.1, 0.15) is 11.0 Å². The van der Waals surface area contributed by atoms with E-state index in [4.69, 9.17) is 4.74 Å². The van der Waals surface area contributed by atoms with Gasteiger partial charge in [-0.15, -0.1) is 0 Å². The van der Waals surface area contributed by atoms with Gasteiger partial charge in [0.05, 0.1) is 34.9 Å². The number of esters is 1. The van der Waals surface area contributed by atoms with E-state index in [1.54, 1.807) is 49.8 Å². The third kappa shape index (κ3) is 5.55. The molecule has 1 aliphatic heterocycles. The van der Waals surface area contributed by atoms with Gasteiger partial charge in [0.2, 0.25) is 10.0 Å². The molecule has 2 aromatic heterocycles.